The third-order valence-corrected chi connectivity index (χ3v) is 2.40. The van der Waals surface area contributed by atoms with E-state index in [9.17, 15) is 4.79 Å². The molecule has 1 aromatic heterocycles. The zero-order valence-electron chi connectivity index (χ0n) is 10.5. The first kappa shape index (κ1) is 14.8. The van der Waals surface area contributed by atoms with Crippen LogP contribution in [0.3, 0.4) is 0 Å². The molecule has 0 bridgehead atoms. The Hall–Kier alpha value is -2.24. The lowest BCUT2D eigenvalue weighted by Crippen LogP contribution is -1.99. The van der Waals surface area contributed by atoms with Crippen LogP contribution in [0.1, 0.15) is 21.5 Å². The molecule has 0 radical (unpaired) electrons. The van der Waals surface area contributed by atoms with Gasteiger partial charge in [0.2, 0.25) is 0 Å². The lowest BCUT2D eigenvalue weighted by atomic mass is 10.1. The monoisotopic (exact) mass is 259 g/mol. The van der Waals surface area contributed by atoms with Crippen LogP contribution < -0.4 is 11.5 Å². The van der Waals surface area contributed by atoms with Crippen LogP contribution in [0.15, 0.2) is 48.8 Å². The second-order valence-corrected chi connectivity index (χ2v) is 3.77. The second kappa shape index (κ2) is 7.97. The number of hydrogen-bond donors (Lipinski definition) is 3. The fourth-order valence-electron chi connectivity index (χ4n) is 1.30. The third-order valence-electron chi connectivity index (χ3n) is 2.40. The van der Waals surface area contributed by atoms with Crippen molar-refractivity contribution < 1.29 is 9.90 Å². The Morgan fingerprint density at radius 1 is 1.05 bits per heavy atom. The van der Waals surface area contributed by atoms with E-state index in [1.54, 1.807) is 36.7 Å². The van der Waals surface area contributed by atoms with Crippen molar-refractivity contribution in [2.75, 3.05) is 0 Å². The fraction of sp³-hybridized carbons (Fsp3) is 0.143. The molecule has 1 heterocycles. The molecule has 19 heavy (non-hydrogen) atoms. The van der Waals surface area contributed by atoms with Gasteiger partial charge < -0.3 is 16.6 Å². The Kier molecular flexibility index (Phi) is 6.21. The van der Waals surface area contributed by atoms with E-state index in [4.69, 9.17) is 16.6 Å². The van der Waals surface area contributed by atoms with Crippen molar-refractivity contribution >= 4 is 5.97 Å². The topological polar surface area (TPSA) is 102 Å². The molecule has 0 spiro atoms. The summed E-state index contributed by atoms with van der Waals surface area (Å²) in [5.41, 5.74) is 12.9. The molecule has 0 atom stereocenters. The Morgan fingerprint density at radius 3 is 2.05 bits per heavy atom. The highest BCUT2D eigenvalue weighted by Gasteiger charge is 1.99. The van der Waals surface area contributed by atoms with Gasteiger partial charge in [-0.2, -0.15) is 0 Å². The highest BCUT2D eigenvalue weighted by Crippen LogP contribution is 2.02. The third kappa shape index (κ3) is 5.29. The molecule has 0 unspecified atom stereocenters. The van der Waals surface area contributed by atoms with Crippen molar-refractivity contribution in [3.63, 3.8) is 0 Å². The van der Waals surface area contributed by atoms with Crippen LogP contribution in [0.25, 0.3) is 0 Å². The zero-order chi connectivity index (χ0) is 14.1. The first-order valence-electron chi connectivity index (χ1n) is 5.78. The smallest absolute Gasteiger partial charge is 0.335 e. The number of nitrogens with zero attached hydrogens (tertiary/aromatic N) is 1. The van der Waals surface area contributed by atoms with E-state index in [1.807, 2.05) is 12.1 Å². The number of pyridine rings is 1. The van der Waals surface area contributed by atoms with E-state index in [1.165, 1.54) is 0 Å². The number of hydrogen-bond acceptors (Lipinski definition) is 4. The summed E-state index contributed by atoms with van der Waals surface area (Å²) in [6, 6.07) is 10.3. The molecule has 1 aromatic carbocycles. The van der Waals surface area contributed by atoms with Crippen LogP contribution in [0.2, 0.25) is 0 Å². The van der Waals surface area contributed by atoms with E-state index in [0.717, 1.165) is 11.1 Å². The summed E-state index contributed by atoms with van der Waals surface area (Å²) in [6.45, 7) is 1.02. The van der Waals surface area contributed by atoms with Gasteiger partial charge in [-0.05, 0) is 29.3 Å². The minimum atomic E-state index is -0.909. The van der Waals surface area contributed by atoms with E-state index >= 15 is 0 Å². The maximum atomic E-state index is 10.4. The summed E-state index contributed by atoms with van der Waals surface area (Å²) < 4.78 is 0. The molecule has 2 aromatic rings. The maximum Gasteiger partial charge on any atom is 0.335 e. The lowest BCUT2D eigenvalue weighted by Gasteiger charge is -1.96. The molecule has 0 amide bonds. The molecule has 100 valence electrons. The van der Waals surface area contributed by atoms with Crippen LogP contribution in [0.4, 0.5) is 0 Å². The van der Waals surface area contributed by atoms with Crippen LogP contribution in [-0.2, 0) is 13.1 Å². The fourth-order valence-corrected chi connectivity index (χ4v) is 1.30. The molecule has 5 heteroatoms. The minimum Gasteiger partial charge on any atom is -0.478 e. The van der Waals surface area contributed by atoms with Crippen molar-refractivity contribution in [1.82, 2.24) is 4.98 Å². The van der Waals surface area contributed by atoms with Gasteiger partial charge in [0.05, 0.1) is 5.56 Å². The van der Waals surface area contributed by atoms with Gasteiger partial charge in [-0.1, -0.05) is 18.2 Å². The van der Waals surface area contributed by atoms with Crippen molar-refractivity contribution in [3.05, 3.63) is 65.5 Å². The first-order chi connectivity index (χ1) is 9.17. The van der Waals surface area contributed by atoms with Crippen LogP contribution in [0.5, 0.6) is 0 Å². The van der Waals surface area contributed by atoms with Gasteiger partial charge in [0.1, 0.15) is 0 Å². The number of carbonyl (C=O) groups is 1. The van der Waals surface area contributed by atoms with Gasteiger partial charge in [0.15, 0.2) is 0 Å². The maximum absolute atomic E-state index is 10.4. The average Bonchev–Trinajstić information content (AvgIpc) is 2.48. The predicted molar refractivity (Wildman–Crippen MR) is 73.4 cm³/mol. The Morgan fingerprint density at radius 2 is 1.68 bits per heavy atom. The molecule has 0 saturated heterocycles. The highest BCUT2D eigenvalue weighted by atomic mass is 16.4. The molecular formula is C14H17N3O2. The molecule has 5 nitrogen and oxygen atoms in total. The largest absolute Gasteiger partial charge is 0.478 e. The zero-order valence-corrected chi connectivity index (χ0v) is 10.5. The highest BCUT2D eigenvalue weighted by molar-refractivity contribution is 5.87. The van der Waals surface area contributed by atoms with E-state index in [2.05, 4.69) is 4.98 Å². The first-order valence-corrected chi connectivity index (χ1v) is 5.78. The van der Waals surface area contributed by atoms with Crippen LogP contribution >= 0.6 is 0 Å². The Labute approximate surface area is 111 Å². The molecule has 2 rings (SSSR count). The number of carboxylic acids is 1. The van der Waals surface area contributed by atoms with Crippen LogP contribution in [0, 0.1) is 0 Å². The van der Waals surface area contributed by atoms with Gasteiger partial charge >= 0.3 is 5.97 Å². The average molecular weight is 259 g/mol. The van der Waals surface area contributed by atoms with Gasteiger partial charge in [-0.15, -0.1) is 0 Å². The lowest BCUT2D eigenvalue weighted by molar-refractivity contribution is 0.0697. The van der Waals surface area contributed by atoms with Gasteiger partial charge in [-0.3, -0.25) is 4.98 Å². The van der Waals surface area contributed by atoms with E-state index in [-0.39, 0.29) is 0 Å². The summed E-state index contributed by atoms with van der Waals surface area (Å²) in [4.78, 5) is 14.2. The molecule has 0 saturated carbocycles. The Balaban J connectivity index is 0.000000200. The number of rotatable bonds is 3. The predicted octanol–water partition coefficient (Wildman–Crippen LogP) is 1.38. The van der Waals surface area contributed by atoms with Crippen molar-refractivity contribution in [1.29, 1.82) is 0 Å². The summed E-state index contributed by atoms with van der Waals surface area (Å²) in [7, 11) is 0. The second-order valence-electron chi connectivity index (χ2n) is 3.77. The summed E-state index contributed by atoms with van der Waals surface area (Å²) in [6.07, 6.45) is 3.50. The molecule has 5 N–H and O–H groups in total. The molecular weight excluding hydrogens is 242 g/mol. The van der Waals surface area contributed by atoms with Gasteiger partial charge in [0, 0.05) is 25.5 Å². The minimum absolute atomic E-state index is 0.294. The number of carboxylic acid groups (broad SMARTS) is 1. The normalized spacial score (nSPS) is 9.37. The molecule has 0 aliphatic rings. The van der Waals surface area contributed by atoms with Gasteiger partial charge in [0.25, 0.3) is 0 Å². The summed E-state index contributed by atoms with van der Waals surface area (Å²) in [5, 5.41) is 8.52. The molecule has 0 aliphatic carbocycles. The van der Waals surface area contributed by atoms with Crippen LogP contribution in [-0.4, -0.2) is 16.1 Å². The molecule has 0 fully saturated rings. The molecule has 0 aliphatic heterocycles. The Bertz CT molecular complexity index is 498. The number of nitrogens with two attached hydrogens (primary N) is 2. The SMILES string of the molecule is NCc1ccc(C(=O)O)cc1.NCc1cccnc1. The van der Waals surface area contributed by atoms with E-state index in [0.29, 0.717) is 18.7 Å². The van der Waals surface area contributed by atoms with Crippen molar-refractivity contribution in [2.45, 2.75) is 13.1 Å². The number of benzene rings is 1. The quantitative estimate of drug-likeness (QED) is 0.773. The number of aromatic nitrogens is 1. The standard InChI is InChI=1S/C8H9NO2.C6H8N2/c9-5-6-1-3-7(4-2-6)8(10)11;7-4-6-2-1-3-8-5-6/h1-4H,5,9H2,(H,10,11);1-3,5H,4,7H2. The summed E-state index contributed by atoms with van der Waals surface area (Å²) in [5.74, 6) is -0.909. The van der Waals surface area contributed by atoms with Gasteiger partial charge in [-0.25, -0.2) is 4.79 Å². The number of aromatic carboxylic acids is 1. The van der Waals surface area contributed by atoms with Crippen molar-refractivity contribution in [3.8, 4) is 0 Å². The van der Waals surface area contributed by atoms with E-state index < -0.39 is 5.97 Å². The summed E-state index contributed by atoms with van der Waals surface area (Å²) >= 11 is 0. The van der Waals surface area contributed by atoms with Crippen molar-refractivity contribution in [2.24, 2.45) is 11.5 Å².